The minimum atomic E-state index is -4.99. The maximum Gasteiger partial charge on any atom is 0.460 e. The minimum absolute atomic E-state index is 0.141. The van der Waals surface area contributed by atoms with Crippen molar-refractivity contribution in [2.75, 3.05) is 0 Å². The zero-order valence-corrected chi connectivity index (χ0v) is 10.8. The molecule has 0 bridgehead atoms. The third-order valence-corrected chi connectivity index (χ3v) is 2.88. The minimum Gasteiger partial charge on any atom is -0.450 e. The van der Waals surface area contributed by atoms with Crippen molar-refractivity contribution in [2.45, 2.75) is 12.0 Å². The van der Waals surface area contributed by atoms with Crippen LogP contribution in [0.25, 0.3) is 0 Å². The summed E-state index contributed by atoms with van der Waals surface area (Å²) in [6.07, 6.45) is -4.99. The number of hydrogen-bond acceptors (Lipinski definition) is 2. The number of alkyl halides is 3. The zero-order chi connectivity index (χ0) is 14.8. The van der Waals surface area contributed by atoms with E-state index >= 15 is 0 Å². The standard InChI is InChI=1S/C14H10ClF3O2/c15-11-6-8-12(9-7-11)20-13(19,14(16,17)18)10-4-2-1-3-5-10/h1-9,19H. The molecule has 0 heterocycles. The van der Waals surface area contributed by atoms with Crippen LogP contribution in [-0.4, -0.2) is 11.3 Å². The third kappa shape index (κ3) is 2.89. The van der Waals surface area contributed by atoms with Gasteiger partial charge in [0.1, 0.15) is 5.75 Å². The third-order valence-electron chi connectivity index (χ3n) is 2.63. The second-order valence-electron chi connectivity index (χ2n) is 4.06. The second kappa shape index (κ2) is 5.34. The van der Waals surface area contributed by atoms with Crippen LogP contribution < -0.4 is 4.74 Å². The topological polar surface area (TPSA) is 29.5 Å². The summed E-state index contributed by atoms with van der Waals surface area (Å²) in [6, 6.07) is 11.9. The fraction of sp³-hybridized carbons (Fsp3) is 0.143. The lowest BCUT2D eigenvalue weighted by Gasteiger charge is -2.31. The number of benzene rings is 2. The van der Waals surface area contributed by atoms with E-state index in [1.165, 1.54) is 36.4 Å². The molecule has 0 spiro atoms. The molecule has 0 aliphatic carbocycles. The van der Waals surface area contributed by atoms with E-state index in [2.05, 4.69) is 0 Å². The monoisotopic (exact) mass is 302 g/mol. The number of hydrogen-bond donors (Lipinski definition) is 1. The molecule has 2 nitrogen and oxygen atoms in total. The predicted octanol–water partition coefficient (Wildman–Crippen LogP) is 4.13. The van der Waals surface area contributed by atoms with Gasteiger partial charge in [-0.05, 0) is 24.3 Å². The van der Waals surface area contributed by atoms with Gasteiger partial charge in [0.25, 0.3) is 0 Å². The van der Waals surface area contributed by atoms with Gasteiger partial charge in [0, 0.05) is 10.6 Å². The molecule has 0 saturated heterocycles. The summed E-state index contributed by atoms with van der Waals surface area (Å²) >= 11 is 5.65. The van der Waals surface area contributed by atoms with E-state index in [1.807, 2.05) is 0 Å². The Bertz CT molecular complexity index is 569. The summed E-state index contributed by atoms with van der Waals surface area (Å²) in [4.78, 5) is 0. The molecule has 1 unspecified atom stereocenters. The van der Waals surface area contributed by atoms with Crippen LogP contribution >= 0.6 is 11.6 Å². The van der Waals surface area contributed by atoms with Gasteiger partial charge in [-0.3, -0.25) is 0 Å². The van der Waals surface area contributed by atoms with E-state index in [0.29, 0.717) is 5.02 Å². The van der Waals surface area contributed by atoms with E-state index < -0.39 is 17.5 Å². The van der Waals surface area contributed by atoms with Crippen LogP contribution in [0.1, 0.15) is 5.56 Å². The molecule has 0 fully saturated rings. The van der Waals surface area contributed by atoms with E-state index in [9.17, 15) is 18.3 Å². The second-order valence-corrected chi connectivity index (χ2v) is 4.50. The Morgan fingerprint density at radius 3 is 1.95 bits per heavy atom. The Morgan fingerprint density at radius 2 is 1.45 bits per heavy atom. The van der Waals surface area contributed by atoms with Gasteiger partial charge in [0.2, 0.25) is 0 Å². The average Bonchev–Trinajstić information content (AvgIpc) is 2.41. The molecule has 2 aromatic rings. The van der Waals surface area contributed by atoms with Gasteiger partial charge in [-0.2, -0.15) is 13.2 Å². The highest BCUT2D eigenvalue weighted by Crippen LogP contribution is 2.40. The first-order valence-corrected chi connectivity index (χ1v) is 6.00. The molecule has 2 aromatic carbocycles. The average molecular weight is 303 g/mol. The van der Waals surface area contributed by atoms with Gasteiger partial charge in [0.05, 0.1) is 0 Å². The normalized spacial score (nSPS) is 14.7. The largest absolute Gasteiger partial charge is 0.460 e. The van der Waals surface area contributed by atoms with Gasteiger partial charge in [-0.1, -0.05) is 41.9 Å². The Labute approximate surface area is 118 Å². The van der Waals surface area contributed by atoms with Crippen molar-refractivity contribution >= 4 is 11.6 Å². The van der Waals surface area contributed by atoms with Gasteiger partial charge in [0.15, 0.2) is 0 Å². The lowest BCUT2D eigenvalue weighted by atomic mass is 10.1. The van der Waals surface area contributed by atoms with Gasteiger partial charge >= 0.3 is 12.0 Å². The predicted molar refractivity (Wildman–Crippen MR) is 68.5 cm³/mol. The highest BCUT2D eigenvalue weighted by Gasteiger charge is 2.58. The van der Waals surface area contributed by atoms with Crippen molar-refractivity contribution in [2.24, 2.45) is 0 Å². The molecule has 0 amide bonds. The molecule has 1 atom stereocenters. The van der Waals surface area contributed by atoms with Crippen molar-refractivity contribution in [3.8, 4) is 5.75 Å². The molecule has 106 valence electrons. The highest BCUT2D eigenvalue weighted by atomic mass is 35.5. The highest BCUT2D eigenvalue weighted by molar-refractivity contribution is 6.30. The van der Waals surface area contributed by atoms with E-state index in [-0.39, 0.29) is 5.75 Å². The number of halogens is 4. The Morgan fingerprint density at radius 1 is 0.900 bits per heavy atom. The molecule has 0 aliphatic heterocycles. The SMILES string of the molecule is OC(Oc1ccc(Cl)cc1)(c1ccccc1)C(F)(F)F. The fourth-order valence-electron chi connectivity index (χ4n) is 1.62. The summed E-state index contributed by atoms with van der Waals surface area (Å²) in [5.74, 6) is -3.56. The maximum absolute atomic E-state index is 13.2. The molecular formula is C14H10ClF3O2. The van der Waals surface area contributed by atoms with Crippen molar-refractivity contribution in [3.05, 3.63) is 65.2 Å². The molecule has 2 rings (SSSR count). The first kappa shape index (κ1) is 14.7. The van der Waals surface area contributed by atoms with Gasteiger partial charge < -0.3 is 9.84 Å². The molecular weight excluding hydrogens is 293 g/mol. The van der Waals surface area contributed by atoms with Crippen molar-refractivity contribution in [3.63, 3.8) is 0 Å². The van der Waals surface area contributed by atoms with E-state index in [0.717, 1.165) is 12.1 Å². The first-order valence-electron chi connectivity index (χ1n) is 5.62. The van der Waals surface area contributed by atoms with Gasteiger partial charge in [-0.15, -0.1) is 0 Å². The van der Waals surface area contributed by atoms with E-state index in [1.54, 1.807) is 6.07 Å². The maximum atomic E-state index is 13.2. The molecule has 0 aromatic heterocycles. The summed E-state index contributed by atoms with van der Waals surface area (Å²) < 4.78 is 44.2. The number of aliphatic hydroxyl groups is 1. The quantitative estimate of drug-likeness (QED) is 0.864. The Hall–Kier alpha value is -1.72. The number of ether oxygens (including phenoxy) is 1. The summed E-state index contributed by atoms with van der Waals surface area (Å²) in [7, 11) is 0. The van der Waals surface area contributed by atoms with Crippen molar-refractivity contribution < 1.29 is 23.0 Å². The van der Waals surface area contributed by atoms with Crippen LogP contribution in [0, 0.1) is 0 Å². The molecule has 20 heavy (non-hydrogen) atoms. The fourth-order valence-corrected chi connectivity index (χ4v) is 1.74. The lowest BCUT2D eigenvalue weighted by Crippen LogP contribution is -2.47. The van der Waals surface area contributed by atoms with Crippen LogP contribution in [0.2, 0.25) is 5.02 Å². The molecule has 6 heteroatoms. The zero-order valence-electron chi connectivity index (χ0n) is 10.1. The van der Waals surface area contributed by atoms with Crippen LogP contribution in [0.3, 0.4) is 0 Å². The number of rotatable bonds is 3. The van der Waals surface area contributed by atoms with Crippen LogP contribution in [0.5, 0.6) is 5.75 Å². The molecule has 0 saturated carbocycles. The van der Waals surface area contributed by atoms with Crippen LogP contribution in [-0.2, 0) is 5.79 Å². The Balaban J connectivity index is 2.41. The van der Waals surface area contributed by atoms with Crippen molar-refractivity contribution in [1.82, 2.24) is 0 Å². The molecule has 1 N–H and O–H groups in total. The molecule has 0 aliphatic rings. The first-order chi connectivity index (χ1) is 9.33. The van der Waals surface area contributed by atoms with E-state index in [4.69, 9.17) is 16.3 Å². The van der Waals surface area contributed by atoms with Crippen LogP contribution in [0.4, 0.5) is 13.2 Å². The van der Waals surface area contributed by atoms with Crippen LogP contribution in [0.15, 0.2) is 54.6 Å². The summed E-state index contributed by atoms with van der Waals surface area (Å²) in [5.41, 5.74) is -0.401. The van der Waals surface area contributed by atoms with Crippen molar-refractivity contribution in [1.29, 1.82) is 0 Å². The summed E-state index contributed by atoms with van der Waals surface area (Å²) in [6.45, 7) is 0. The summed E-state index contributed by atoms with van der Waals surface area (Å²) in [5, 5.41) is 10.3. The smallest absolute Gasteiger partial charge is 0.450 e. The lowest BCUT2D eigenvalue weighted by molar-refractivity contribution is -0.344. The molecule has 0 radical (unpaired) electrons. The van der Waals surface area contributed by atoms with Gasteiger partial charge in [-0.25, -0.2) is 0 Å². The Kier molecular flexibility index (Phi) is 3.92.